The Hall–Kier alpha value is -1.99. The van der Waals surface area contributed by atoms with Gasteiger partial charge in [0.25, 0.3) is 0 Å². The van der Waals surface area contributed by atoms with Crippen molar-refractivity contribution in [2.45, 2.75) is 6.54 Å². The molecule has 3 rings (SSSR count). The van der Waals surface area contributed by atoms with Gasteiger partial charge in [0, 0.05) is 38.4 Å². The van der Waals surface area contributed by atoms with Gasteiger partial charge in [0.05, 0.1) is 19.3 Å². The number of amides is 1. The number of nitrogens with one attached hydrogen (secondary N) is 1. The van der Waals surface area contributed by atoms with Crippen LogP contribution in [0.4, 0.5) is 11.4 Å². The summed E-state index contributed by atoms with van der Waals surface area (Å²) in [5.41, 5.74) is 8.41. The van der Waals surface area contributed by atoms with Crippen molar-refractivity contribution >= 4 is 42.1 Å². The number of carbonyl (C=O) groups excluding carboxylic acids is 1. The maximum atomic E-state index is 12.3. The molecule has 6 nitrogen and oxygen atoms in total. The number of nitrogens with two attached hydrogens (primary N) is 1. The predicted molar refractivity (Wildman–Crippen MR) is 119 cm³/mol. The molecule has 1 fully saturated rings. The zero-order valence-corrected chi connectivity index (χ0v) is 17.6. The number of hydrogen-bond acceptors (Lipinski definition) is 5. The van der Waals surface area contributed by atoms with Crippen molar-refractivity contribution in [3.63, 3.8) is 0 Å². The van der Waals surface area contributed by atoms with Crippen LogP contribution in [0, 0.1) is 0 Å². The number of hydrogen-bond donors (Lipinski definition) is 2. The fourth-order valence-electron chi connectivity index (χ4n) is 3.16. The molecule has 0 aromatic heterocycles. The van der Waals surface area contributed by atoms with E-state index < -0.39 is 0 Å². The van der Waals surface area contributed by atoms with Crippen LogP contribution in [0.2, 0.25) is 0 Å². The van der Waals surface area contributed by atoms with Crippen molar-refractivity contribution in [2.24, 2.45) is 0 Å². The standard InChI is InChI=1S/C20H26N4O2.2ClH/c1-26-19-8-7-17(13-18(19)21)22-20(25)15-24-11-9-23(10-12-24)14-16-5-3-2-4-6-16;;/h2-8,13H,9-12,14-15,21H2,1H3,(H,22,25);2*1H. The Morgan fingerprint density at radius 2 is 1.68 bits per heavy atom. The van der Waals surface area contributed by atoms with Gasteiger partial charge in [-0.3, -0.25) is 14.6 Å². The van der Waals surface area contributed by atoms with Gasteiger partial charge in [0.1, 0.15) is 5.75 Å². The van der Waals surface area contributed by atoms with E-state index in [9.17, 15) is 4.79 Å². The van der Waals surface area contributed by atoms with Crippen LogP contribution in [0.25, 0.3) is 0 Å². The minimum absolute atomic E-state index is 0. The highest BCUT2D eigenvalue weighted by molar-refractivity contribution is 5.93. The van der Waals surface area contributed by atoms with Crippen molar-refractivity contribution in [3.05, 3.63) is 54.1 Å². The van der Waals surface area contributed by atoms with Crippen molar-refractivity contribution in [1.29, 1.82) is 0 Å². The average Bonchev–Trinajstić information content (AvgIpc) is 2.64. The molecule has 3 N–H and O–H groups in total. The van der Waals surface area contributed by atoms with E-state index in [2.05, 4.69) is 39.4 Å². The van der Waals surface area contributed by atoms with Gasteiger partial charge in [-0.15, -0.1) is 24.8 Å². The third-order valence-corrected chi connectivity index (χ3v) is 4.59. The first-order valence-corrected chi connectivity index (χ1v) is 8.86. The lowest BCUT2D eigenvalue weighted by Crippen LogP contribution is -2.48. The van der Waals surface area contributed by atoms with E-state index in [1.807, 2.05) is 6.07 Å². The van der Waals surface area contributed by atoms with Crippen molar-refractivity contribution in [3.8, 4) is 5.75 Å². The highest BCUT2D eigenvalue weighted by Crippen LogP contribution is 2.24. The molecule has 2 aromatic rings. The van der Waals surface area contributed by atoms with E-state index in [4.69, 9.17) is 10.5 Å². The largest absolute Gasteiger partial charge is 0.495 e. The van der Waals surface area contributed by atoms with E-state index in [0.29, 0.717) is 23.7 Å². The number of nitrogen functional groups attached to an aromatic ring is 1. The number of piperazine rings is 1. The molecule has 1 saturated heterocycles. The minimum atomic E-state index is -0.0222. The van der Waals surface area contributed by atoms with Crippen molar-refractivity contribution in [2.75, 3.05) is 50.9 Å². The molecule has 1 heterocycles. The second-order valence-corrected chi connectivity index (χ2v) is 6.54. The molecule has 0 aliphatic carbocycles. The molecule has 2 aromatic carbocycles. The Kier molecular flexibility index (Phi) is 10.1. The predicted octanol–water partition coefficient (Wildman–Crippen LogP) is 2.88. The normalized spacial score (nSPS) is 14.5. The van der Waals surface area contributed by atoms with E-state index in [1.165, 1.54) is 5.56 Å². The highest BCUT2D eigenvalue weighted by atomic mass is 35.5. The molecular formula is C20H28Cl2N4O2. The quantitative estimate of drug-likeness (QED) is 0.694. The van der Waals surface area contributed by atoms with Gasteiger partial charge in [0.2, 0.25) is 5.91 Å². The van der Waals surface area contributed by atoms with Crippen molar-refractivity contribution in [1.82, 2.24) is 9.80 Å². The summed E-state index contributed by atoms with van der Waals surface area (Å²) in [6.45, 7) is 5.09. The molecule has 1 aliphatic rings. The lowest BCUT2D eigenvalue weighted by molar-refractivity contribution is -0.117. The first-order valence-electron chi connectivity index (χ1n) is 8.86. The molecule has 1 amide bonds. The molecule has 0 unspecified atom stereocenters. The smallest absolute Gasteiger partial charge is 0.238 e. The number of methoxy groups -OCH3 is 1. The number of nitrogens with zero attached hydrogens (tertiary/aromatic N) is 2. The van der Waals surface area contributed by atoms with Gasteiger partial charge in [-0.25, -0.2) is 0 Å². The van der Waals surface area contributed by atoms with E-state index in [1.54, 1.807) is 25.3 Å². The summed E-state index contributed by atoms with van der Waals surface area (Å²) in [6, 6.07) is 15.8. The Labute approximate surface area is 178 Å². The average molecular weight is 427 g/mol. The van der Waals surface area contributed by atoms with Gasteiger partial charge in [0.15, 0.2) is 0 Å². The summed E-state index contributed by atoms with van der Waals surface area (Å²) in [4.78, 5) is 16.9. The van der Waals surface area contributed by atoms with Crippen LogP contribution in [0.15, 0.2) is 48.5 Å². The SMILES string of the molecule is COc1ccc(NC(=O)CN2CCN(Cc3ccccc3)CC2)cc1N.Cl.Cl. The van der Waals surface area contributed by atoms with Gasteiger partial charge in [-0.2, -0.15) is 0 Å². The lowest BCUT2D eigenvalue weighted by atomic mass is 10.2. The maximum absolute atomic E-state index is 12.3. The molecule has 28 heavy (non-hydrogen) atoms. The summed E-state index contributed by atoms with van der Waals surface area (Å²) >= 11 is 0. The van der Waals surface area contributed by atoms with Crippen LogP contribution in [0.1, 0.15) is 5.56 Å². The number of anilines is 2. The monoisotopic (exact) mass is 426 g/mol. The number of rotatable bonds is 6. The van der Waals surface area contributed by atoms with Crippen LogP contribution in [0.3, 0.4) is 0 Å². The Bertz CT molecular complexity index is 738. The molecule has 0 atom stereocenters. The van der Waals surface area contributed by atoms with Gasteiger partial charge < -0.3 is 15.8 Å². The zero-order chi connectivity index (χ0) is 18.4. The Balaban J connectivity index is 0.00000196. The fraction of sp³-hybridized carbons (Fsp3) is 0.350. The highest BCUT2D eigenvalue weighted by Gasteiger charge is 2.19. The van der Waals surface area contributed by atoms with E-state index >= 15 is 0 Å². The van der Waals surface area contributed by atoms with Gasteiger partial charge >= 0.3 is 0 Å². The fourth-order valence-corrected chi connectivity index (χ4v) is 3.16. The maximum Gasteiger partial charge on any atom is 0.238 e. The van der Waals surface area contributed by atoms with E-state index in [0.717, 1.165) is 32.7 Å². The third-order valence-electron chi connectivity index (χ3n) is 4.59. The molecule has 0 spiro atoms. The second kappa shape index (κ2) is 11.8. The third kappa shape index (κ3) is 6.87. The van der Waals surface area contributed by atoms with E-state index in [-0.39, 0.29) is 30.7 Å². The summed E-state index contributed by atoms with van der Waals surface area (Å²) in [5.74, 6) is 0.587. The van der Waals surface area contributed by atoms with Crippen LogP contribution >= 0.6 is 24.8 Å². The minimum Gasteiger partial charge on any atom is -0.495 e. The topological polar surface area (TPSA) is 70.8 Å². The molecule has 0 radical (unpaired) electrons. The first-order chi connectivity index (χ1) is 12.6. The first kappa shape index (κ1) is 24.0. The summed E-state index contributed by atoms with van der Waals surface area (Å²) in [6.07, 6.45) is 0. The summed E-state index contributed by atoms with van der Waals surface area (Å²) in [7, 11) is 1.57. The Morgan fingerprint density at radius 3 is 2.29 bits per heavy atom. The molecule has 0 saturated carbocycles. The second-order valence-electron chi connectivity index (χ2n) is 6.54. The number of halogens is 2. The van der Waals surface area contributed by atoms with Crippen LogP contribution in [-0.4, -0.2) is 55.5 Å². The van der Waals surface area contributed by atoms with Gasteiger partial charge in [-0.05, 0) is 23.8 Å². The molecule has 1 aliphatic heterocycles. The molecule has 154 valence electrons. The zero-order valence-electron chi connectivity index (χ0n) is 16.0. The van der Waals surface area contributed by atoms with Crippen LogP contribution < -0.4 is 15.8 Å². The number of carbonyl (C=O) groups is 1. The summed E-state index contributed by atoms with van der Waals surface area (Å²) in [5, 5.41) is 2.90. The van der Waals surface area contributed by atoms with Crippen LogP contribution in [-0.2, 0) is 11.3 Å². The molecular weight excluding hydrogens is 399 g/mol. The summed E-state index contributed by atoms with van der Waals surface area (Å²) < 4.78 is 5.13. The Morgan fingerprint density at radius 1 is 1.04 bits per heavy atom. The van der Waals surface area contributed by atoms with Crippen LogP contribution in [0.5, 0.6) is 5.75 Å². The van der Waals surface area contributed by atoms with Gasteiger partial charge in [-0.1, -0.05) is 30.3 Å². The number of ether oxygens (including phenoxy) is 1. The lowest BCUT2D eigenvalue weighted by Gasteiger charge is -2.34. The molecule has 8 heteroatoms. The number of benzene rings is 2. The van der Waals surface area contributed by atoms with Crippen molar-refractivity contribution < 1.29 is 9.53 Å². The molecule has 0 bridgehead atoms.